The van der Waals surface area contributed by atoms with E-state index < -0.39 is 33.5 Å². The number of benzene rings is 2. The van der Waals surface area contributed by atoms with E-state index in [2.05, 4.69) is 4.72 Å². The number of carbonyl (C=O) groups excluding carboxylic acids is 1. The third kappa shape index (κ3) is 5.49. The van der Waals surface area contributed by atoms with Gasteiger partial charge in [-0.3, -0.25) is 4.79 Å². The normalized spacial score (nSPS) is 14.6. The van der Waals surface area contributed by atoms with Gasteiger partial charge in [-0.05, 0) is 51.0 Å². The van der Waals surface area contributed by atoms with Gasteiger partial charge in [0.2, 0.25) is 0 Å². The number of carbonyl (C=O) groups is 1. The van der Waals surface area contributed by atoms with Crippen LogP contribution in [0, 0.1) is 0 Å². The van der Waals surface area contributed by atoms with Gasteiger partial charge in [-0.25, -0.2) is 8.93 Å². The van der Waals surface area contributed by atoms with E-state index in [9.17, 15) is 22.2 Å². The van der Waals surface area contributed by atoms with Crippen LogP contribution in [0.1, 0.15) is 60.8 Å². The zero-order valence-corrected chi connectivity index (χ0v) is 16.4. The Morgan fingerprint density at radius 2 is 1.37 bits per heavy atom. The second-order valence-electron chi connectivity index (χ2n) is 7.23. The highest BCUT2D eigenvalue weighted by atomic mass is 32.2. The van der Waals surface area contributed by atoms with Crippen LogP contribution >= 0.6 is 0 Å². The molecule has 0 spiro atoms. The average molecular weight is 397 g/mol. The van der Waals surface area contributed by atoms with E-state index in [-0.39, 0.29) is 5.78 Å². The van der Waals surface area contributed by atoms with Crippen molar-refractivity contribution in [1.82, 2.24) is 4.72 Å². The fourth-order valence-electron chi connectivity index (χ4n) is 2.39. The van der Waals surface area contributed by atoms with Gasteiger partial charge in [0.15, 0.2) is 5.78 Å². The van der Waals surface area contributed by atoms with E-state index in [1.807, 2.05) is 0 Å². The molecule has 0 aromatic heterocycles. The van der Waals surface area contributed by atoms with Crippen molar-refractivity contribution in [1.29, 1.82) is 0 Å². The van der Waals surface area contributed by atoms with Gasteiger partial charge in [-0.2, -0.15) is 13.2 Å². The number of hydrogen-bond donors (Lipinski definition) is 1. The maximum absolute atomic E-state index is 12.8. The molecule has 0 saturated heterocycles. The Balaban J connectivity index is 2.43. The largest absolute Gasteiger partial charge is 0.416 e. The predicted octanol–water partition coefficient (Wildman–Crippen LogP) is 5.05. The Morgan fingerprint density at radius 3 is 1.74 bits per heavy atom. The summed E-state index contributed by atoms with van der Waals surface area (Å²) in [6.07, 6.45) is -4.42. The van der Waals surface area contributed by atoms with E-state index in [1.165, 1.54) is 19.1 Å². The number of alkyl halides is 3. The standard InChI is InChI=1S/C20H22F3NO2S/c1-13(25)14-5-7-15(8-6-14)18(24-27(26)19(2,3)4)16-9-11-17(12-10-16)20(21,22)23/h5-12,18,24H,1-4H3/t18-,27-/m0/s1. The molecular weight excluding hydrogens is 375 g/mol. The number of halogens is 3. The first-order valence-electron chi connectivity index (χ1n) is 8.35. The molecule has 2 atom stereocenters. The Bertz CT molecular complexity index is 822. The third-order valence-corrected chi connectivity index (χ3v) is 5.57. The summed E-state index contributed by atoms with van der Waals surface area (Å²) >= 11 is 0. The quantitative estimate of drug-likeness (QED) is 0.718. The van der Waals surface area contributed by atoms with Crippen LogP contribution < -0.4 is 4.72 Å². The number of Topliss-reactive ketones (excluding diaryl/α,β-unsaturated/α-hetero) is 1. The van der Waals surface area contributed by atoms with E-state index in [0.717, 1.165) is 12.1 Å². The highest BCUT2D eigenvalue weighted by Gasteiger charge is 2.31. The zero-order valence-electron chi connectivity index (χ0n) is 15.6. The topological polar surface area (TPSA) is 46.2 Å². The van der Waals surface area contributed by atoms with Crippen LogP contribution in [0.3, 0.4) is 0 Å². The lowest BCUT2D eigenvalue weighted by Crippen LogP contribution is -2.36. The van der Waals surface area contributed by atoms with Crippen molar-refractivity contribution in [2.45, 2.75) is 44.7 Å². The number of hydrogen-bond acceptors (Lipinski definition) is 2. The minimum atomic E-state index is -4.42. The fourth-order valence-corrected chi connectivity index (χ4v) is 3.23. The molecule has 0 unspecified atom stereocenters. The minimum Gasteiger partial charge on any atom is -0.295 e. The highest BCUT2D eigenvalue weighted by Crippen LogP contribution is 2.31. The minimum absolute atomic E-state index is 0.0844. The lowest BCUT2D eigenvalue weighted by Gasteiger charge is -2.25. The van der Waals surface area contributed by atoms with Crippen LogP contribution in [-0.4, -0.2) is 14.7 Å². The van der Waals surface area contributed by atoms with Crippen LogP contribution in [0.2, 0.25) is 0 Å². The summed E-state index contributed by atoms with van der Waals surface area (Å²) in [6.45, 7) is 6.87. The smallest absolute Gasteiger partial charge is 0.295 e. The first-order valence-corrected chi connectivity index (χ1v) is 9.50. The molecule has 0 saturated carbocycles. The first-order chi connectivity index (χ1) is 12.4. The van der Waals surface area contributed by atoms with Gasteiger partial charge in [-0.15, -0.1) is 0 Å². The van der Waals surface area contributed by atoms with Crippen molar-refractivity contribution in [3.8, 4) is 0 Å². The summed E-state index contributed by atoms with van der Waals surface area (Å²) < 4.78 is 53.5. The molecule has 0 fully saturated rings. The van der Waals surface area contributed by atoms with Crippen LogP contribution in [0.25, 0.3) is 0 Å². The van der Waals surface area contributed by atoms with Gasteiger partial charge in [0.1, 0.15) is 0 Å². The Hall–Kier alpha value is -1.99. The molecule has 0 aliphatic heterocycles. The maximum Gasteiger partial charge on any atom is 0.416 e. The third-order valence-electron chi connectivity index (χ3n) is 4.00. The molecule has 2 aromatic carbocycles. The molecule has 146 valence electrons. The molecule has 0 radical (unpaired) electrons. The van der Waals surface area contributed by atoms with Gasteiger partial charge >= 0.3 is 6.18 Å². The molecule has 27 heavy (non-hydrogen) atoms. The van der Waals surface area contributed by atoms with Crippen molar-refractivity contribution in [3.05, 3.63) is 70.8 Å². The Kier molecular flexibility index (Phi) is 6.27. The molecule has 0 aliphatic rings. The van der Waals surface area contributed by atoms with Gasteiger partial charge in [0, 0.05) is 5.56 Å². The van der Waals surface area contributed by atoms with Crippen LogP contribution in [0.15, 0.2) is 48.5 Å². The average Bonchev–Trinajstić information content (AvgIpc) is 2.58. The number of nitrogens with one attached hydrogen (secondary N) is 1. The SMILES string of the molecule is CC(=O)c1ccc([C@H](N[S@@](=O)C(C)(C)C)c2ccc(C(F)(F)F)cc2)cc1. The lowest BCUT2D eigenvalue weighted by molar-refractivity contribution is -0.137. The summed E-state index contributed by atoms with van der Waals surface area (Å²) in [5.41, 5.74) is 1.05. The molecule has 2 rings (SSSR count). The molecule has 0 heterocycles. The van der Waals surface area contributed by atoms with E-state index >= 15 is 0 Å². The van der Waals surface area contributed by atoms with E-state index in [1.54, 1.807) is 45.0 Å². The van der Waals surface area contributed by atoms with Gasteiger partial charge < -0.3 is 0 Å². The van der Waals surface area contributed by atoms with Crippen molar-refractivity contribution >= 4 is 16.8 Å². The predicted molar refractivity (Wildman–Crippen MR) is 101 cm³/mol. The van der Waals surface area contributed by atoms with Gasteiger partial charge in [0.05, 0.1) is 27.3 Å². The molecule has 0 amide bonds. The molecule has 3 nitrogen and oxygen atoms in total. The highest BCUT2D eigenvalue weighted by molar-refractivity contribution is 7.84. The molecule has 2 aromatic rings. The number of rotatable bonds is 5. The second kappa shape index (κ2) is 7.94. The summed E-state index contributed by atoms with van der Waals surface area (Å²) in [5.74, 6) is -0.0844. The summed E-state index contributed by atoms with van der Waals surface area (Å²) in [4.78, 5) is 11.5. The van der Waals surface area contributed by atoms with E-state index in [0.29, 0.717) is 16.7 Å². The Labute approximate surface area is 159 Å². The van der Waals surface area contributed by atoms with Crippen molar-refractivity contribution in [2.24, 2.45) is 0 Å². The van der Waals surface area contributed by atoms with Gasteiger partial charge in [0.25, 0.3) is 0 Å². The van der Waals surface area contributed by atoms with Gasteiger partial charge in [-0.1, -0.05) is 36.4 Å². The maximum atomic E-state index is 12.8. The lowest BCUT2D eigenvalue weighted by atomic mass is 9.97. The summed E-state index contributed by atoms with van der Waals surface area (Å²) in [5, 5.41) is 0. The van der Waals surface area contributed by atoms with Crippen LogP contribution in [0.4, 0.5) is 13.2 Å². The molecule has 0 aliphatic carbocycles. The number of ketones is 1. The molecule has 7 heteroatoms. The van der Waals surface area contributed by atoms with Crippen molar-refractivity contribution in [3.63, 3.8) is 0 Å². The van der Waals surface area contributed by atoms with Crippen LogP contribution in [-0.2, 0) is 17.2 Å². The monoisotopic (exact) mass is 397 g/mol. The molecule has 0 bridgehead atoms. The molecular formula is C20H22F3NO2S. The summed E-state index contributed by atoms with van der Waals surface area (Å²) in [6, 6.07) is 10.9. The van der Waals surface area contributed by atoms with Crippen LogP contribution in [0.5, 0.6) is 0 Å². The second-order valence-corrected chi connectivity index (χ2v) is 9.23. The fraction of sp³-hybridized carbons (Fsp3) is 0.350. The van der Waals surface area contributed by atoms with Crippen molar-refractivity contribution in [2.75, 3.05) is 0 Å². The summed E-state index contributed by atoms with van der Waals surface area (Å²) in [7, 11) is -1.44. The van der Waals surface area contributed by atoms with Crippen molar-refractivity contribution < 1.29 is 22.2 Å². The molecule has 1 N–H and O–H groups in total. The van der Waals surface area contributed by atoms with E-state index in [4.69, 9.17) is 0 Å². The zero-order chi connectivity index (χ0) is 20.4. The first kappa shape index (κ1) is 21.3. The Morgan fingerprint density at radius 1 is 0.926 bits per heavy atom.